The smallest absolute Gasteiger partial charge is 0.0867 e. The quantitative estimate of drug-likeness (QED) is 0.537. The summed E-state index contributed by atoms with van der Waals surface area (Å²) >= 11 is 0. The molecule has 0 saturated heterocycles. The van der Waals surface area contributed by atoms with E-state index in [1.165, 1.54) is 32.1 Å². The molecule has 2 heteroatoms. The van der Waals surface area contributed by atoms with Crippen LogP contribution in [0.4, 0.5) is 0 Å². The summed E-state index contributed by atoms with van der Waals surface area (Å²) in [5, 5.41) is 0.555. The maximum absolute atomic E-state index is 2.40. The van der Waals surface area contributed by atoms with Gasteiger partial charge in [0.1, 0.15) is 0 Å². The Balaban J connectivity index is 2.03. The molecule has 66 valence electrons. The molecule has 2 aliphatic carbocycles. The van der Waals surface area contributed by atoms with Crippen LogP contribution in [0.3, 0.4) is 0 Å². The van der Waals surface area contributed by atoms with Gasteiger partial charge in [-0.1, -0.05) is 18.6 Å². The largest absolute Gasteiger partial charge is 0.0988 e. The molecular weight excluding hydrogens is 142 g/mol. The Labute approximate surface area is 78.3 Å². The van der Waals surface area contributed by atoms with Gasteiger partial charge in [0.05, 0.1) is 15.7 Å². The molecule has 0 atom stereocenters. The van der Waals surface area contributed by atoms with Gasteiger partial charge in [-0.15, -0.1) is 0 Å². The van der Waals surface area contributed by atoms with Crippen LogP contribution in [-0.2, 0) is 0 Å². The third kappa shape index (κ3) is 1.58. The minimum atomic E-state index is 0.555. The summed E-state index contributed by atoms with van der Waals surface area (Å²) in [6.07, 6.45) is 9.18. The van der Waals surface area contributed by atoms with E-state index >= 15 is 0 Å². The highest BCUT2D eigenvalue weighted by atomic mass is 14.5. The van der Waals surface area contributed by atoms with Crippen LogP contribution in [0.25, 0.3) is 0 Å². The van der Waals surface area contributed by atoms with Crippen LogP contribution < -0.4 is 0 Å². The molecular formula is C10H20B2. The molecule has 0 aromatic heterocycles. The first-order valence-electron chi connectivity index (χ1n) is 5.49. The lowest BCUT2D eigenvalue weighted by Crippen LogP contribution is -2.22. The minimum absolute atomic E-state index is 0.555. The van der Waals surface area contributed by atoms with E-state index in [0.717, 1.165) is 11.3 Å². The van der Waals surface area contributed by atoms with Crippen LogP contribution in [0.15, 0.2) is 0 Å². The van der Waals surface area contributed by atoms with Crippen molar-refractivity contribution in [2.75, 3.05) is 0 Å². The van der Waals surface area contributed by atoms with Crippen molar-refractivity contribution in [1.29, 1.82) is 0 Å². The molecule has 2 rings (SSSR count). The van der Waals surface area contributed by atoms with E-state index in [1.807, 2.05) is 0 Å². The van der Waals surface area contributed by atoms with Gasteiger partial charge in [-0.3, -0.25) is 0 Å². The summed E-state index contributed by atoms with van der Waals surface area (Å²) in [5.41, 5.74) is 0.795. The SMILES string of the molecule is BC(B)(C)CC12CCC(CC1)C2. The molecule has 2 aliphatic rings. The lowest BCUT2D eigenvalue weighted by atomic mass is 9.50. The van der Waals surface area contributed by atoms with Crippen molar-refractivity contribution in [3.63, 3.8) is 0 Å². The first-order valence-corrected chi connectivity index (χ1v) is 5.49. The summed E-state index contributed by atoms with van der Waals surface area (Å²) in [5.74, 6) is 1.12. The van der Waals surface area contributed by atoms with Crippen LogP contribution in [0.1, 0.15) is 45.4 Å². The standard InChI is InChI=1S/C10H20B2/c1-9(11,12)7-10-4-2-8(6-10)3-5-10/h8H,2-7,11-12H2,1H3. The summed E-state index contributed by atoms with van der Waals surface area (Å²) < 4.78 is 0. The van der Waals surface area contributed by atoms with Gasteiger partial charge in [-0.05, 0) is 43.4 Å². The first kappa shape index (κ1) is 8.72. The highest BCUT2D eigenvalue weighted by Gasteiger charge is 2.45. The molecule has 12 heavy (non-hydrogen) atoms. The number of rotatable bonds is 2. The molecule has 0 aliphatic heterocycles. The van der Waals surface area contributed by atoms with Crippen molar-refractivity contribution >= 4 is 15.7 Å². The highest BCUT2D eigenvalue weighted by Crippen LogP contribution is 2.58. The lowest BCUT2D eigenvalue weighted by molar-refractivity contribution is 0.260. The highest BCUT2D eigenvalue weighted by molar-refractivity contribution is 6.39. The monoisotopic (exact) mass is 162 g/mol. The van der Waals surface area contributed by atoms with Gasteiger partial charge < -0.3 is 0 Å². The summed E-state index contributed by atoms with van der Waals surface area (Å²) in [6, 6.07) is 0. The van der Waals surface area contributed by atoms with Crippen LogP contribution in [0.5, 0.6) is 0 Å². The fraction of sp³-hybridized carbons (Fsp3) is 1.00. The third-order valence-electron chi connectivity index (χ3n) is 3.79. The van der Waals surface area contributed by atoms with Crippen LogP contribution in [-0.4, -0.2) is 15.7 Å². The van der Waals surface area contributed by atoms with E-state index < -0.39 is 0 Å². The van der Waals surface area contributed by atoms with Crippen molar-refractivity contribution < 1.29 is 0 Å². The Morgan fingerprint density at radius 1 is 1.33 bits per heavy atom. The van der Waals surface area contributed by atoms with Crippen LogP contribution in [0, 0.1) is 11.3 Å². The summed E-state index contributed by atoms with van der Waals surface area (Å²) in [4.78, 5) is 0. The second-order valence-corrected chi connectivity index (χ2v) is 6.38. The molecule has 0 unspecified atom stereocenters. The zero-order chi connectivity index (χ0) is 8.82. The normalized spacial score (nSPS) is 40.6. The zero-order valence-electron chi connectivity index (χ0n) is 8.82. The molecule has 0 aromatic carbocycles. The average molecular weight is 162 g/mol. The Bertz CT molecular complexity index is 173. The van der Waals surface area contributed by atoms with Crippen LogP contribution >= 0.6 is 0 Å². The van der Waals surface area contributed by atoms with Gasteiger partial charge in [0, 0.05) is 0 Å². The van der Waals surface area contributed by atoms with E-state index in [9.17, 15) is 0 Å². The maximum Gasteiger partial charge on any atom is 0.0988 e. The predicted octanol–water partition coefficient (Wildman–Crippen LogP) is 1.36. The summed E-state index contributed by atoms with van der Waals surface area (Å²) in [7, 11) is 4.79. The molecule has 0 nitrogen and oxygen atoms in total. The van der Waals surface area contributed by atoms with Gasteiger partial charge in [-0.25, -0.2) is 0 Å². The lowest BCUT2D eigenvalue weighted by Gasteiger charge is -2.34. The molecule has 2 saturated carbocycles. The Morgan fingerprint density at radius 2 is 1.92 bits per heavy atom. The fourth-order valence-electron chi connectivity index (χ4n) is 3.68. The molecule has 0 radical (unpaired) electrons. The van der Waals surface area contributed by atoms with Gasteiger partial charge in [-0.2, -0.15) is 0 Å². The van der Waals surface area contributed by atoms with Crippen molar-refractivity contribution in [1.82, 2.24) is 0 Å². The first-order chi connectivity index (χ1) is 5.49. The number of fused-ring (bicyclic) bond motifs is 2. The molecule has 0 spiro atoms. The third-order valence-corrected chi connectivity index (χ3v) is 3.79. The summed E-state index contributed by atoms with van der Waals surface area (Å²) in [6.45, 7) is 2.40. The van der Waals surface area contributed by atoms with E-state index in [4.69, 9.17) is 0 Å². The van der Waals surface area contributed by atoms with Gasteiger partial charge >= 0.3 is 0 Å². The Kier molecular flexibility index (Phi) is 1.86. The average Bonchev–Trinajstić information content (AvgIpc) is 2.40. The van der Waals surface area contributed by atoms with Crippen molar-refractivity contribution in [2.45, 2.75) is 50.7 Å². The van der Waals surface area contributed by atoms with E-state index in [2.05, 4.69) is 22.6 Å². The molecule has 0 amide bonds. The second-order valence-electron chi connectivity index (χ2n) is 6.38. The maximum atomic E-state index is 2.40. The minimum Gasteiger partial charge on any atom is -0.0867 e. The molecule has 0 heterocycles. The van der Waals surface area contributed by atoms with Gasteiger partial charge in [0.25, 0.3) is 0 Å². The Morgan fingerprint density at radius 3 is 2.25 bits per heavy atom. The van der Waals surface area contributed by atoms with E-state index in [-0.39, 0.29) is 0 Å². The van der Waals surface area contributed by atoms with E-state index in [1.54, 1.807) is 6.42 Å². The molecule has 2 fully saturated rings. The molecule has 2 bridgehead atoms. The van der Waals surface area contributed by atoms with Gasteiger partial charge in [0.2, 0.25) is 0 Å². The predicted molar refractivity (Wildman–Crippen MR) is 59.1 cm³/mol. The van der Waals surface area contributed by atoms with Crippen molar-refractivity contribution in [3.8, 4) is 0 Å². The van der Waals surface area contributed by atoms with Crippen molar-refractivity contribution in [3.05, 3.63) is 0 Å². The van der Waals surface area contributed by atoms with Gasteiger partial charge in [0.15, 0.2) is 0 Å². The number of hydrogen-bond donors (Lipinski definition) is 0. The zero-order valence-corrected chi connectivity index (χ0v) is 8.82. The van der Waals surface area contributed by atoms with Crippen LogP contribution in [0.2, 0.25) is 5.21 Å². The van der Waals surface area contributed by atoms with Crippen molar-refractivity contribution in [2.24, 2.45) is 11.3 Å². The topological polar surface area (TPSA) is 0 Å². The Hall–Kier alpha value is 0.130. The van der Waals surface area contributed by atoms with E-state index in [0.29, 0.717) is 5.21 Å². The molecule has 0 aromatic rings. The fourth-order valence-corrected chi connectivity index (χ4v) is 3.68. The molecule has 0 N–H and O–H groups in total. The number of hydrogen-bond acceptors (Lipinski definition) is 0. The second kappa shape index (κ2) is 2.56.